The van der Waals surface area contributed by atoms with Gasteiger partial charge < -0.3 is 9.64 Å². The van der Waals surface area contributed by atoms with Crippen molar-refractivity contribution in [3.8, 4) is 0 Å². The molecular weight excluding hydrogens is 250 g/mol. The molecule has 1 aromatic carbocycles. The number of carbonyl (C=O) groups is 1. The SMILES string of the molecule is CC(C)N(C)CCOC(=O)c1ccc(C(C)(C)C)cc1. The zero-order chi connectivity index (χ0) is 15.3. The first-order valence-electron chi connectivity index (χ1n) is 7.19. The highest BCUT2D eigenvalue weighted by Gasteiger charge is 2.14. The molecule has 0 fully saturated rings. The highest BCUT2D eigenvalue weighted by atomic mass is 16.5. The smallest absolute Gasteiger partial charge is 0.338 e. The monoisotopic (exact) mass is 277 g/mol. The maximum Gasteiger partial charge on any atom is 0.338 e. The Morgan fingerprint density at radius 2 is 1.75 bits per heavy atom. The van der Waals surface area contributed by atoms with Crippen molar-refractivity contribution in [2.75, 3.05) is 20.2 Å². The van der Waals surface area contributed by atoms with E-state index in [4.69, 9.17) is 4.74 Å². The van der Waals surface area contributed by atoms with Gasteiger partial charge in [0.1, 0.15) is 6.61 Å². The number of hydrogen-bond acceptors (Lipinski definition) is 3. The summed E-state index contributed by atoms with van der Waals surface area (Å²) in [4.78, 5) is 14.1. The molecule has 0 aliphatic rings. The van der Waals surface area contributed by atoms with Crippen LogP contribution >= 0.6 is 0 Å². The van der Waals surface area contributed by atoms with E-state index in [2.05, 4.69) is 39.5 Å². The molecule has 0 unspecified atom stereocenters. The lowest BCUT2D eigenvalue weighted by Crippen LogP contribution is -2.30. The summed E-state index contributed by atoms with van der Waals surface area (Å²) >= 11 is 0. The molecule has 3 nitrogen and oxygen atoms in total. The molecule has 0 N–H and O–H groups in total. The topological polar surface area (TPSA) is 29.5 Å². The summed E-state index contributed by atoms with van der Waals surface area (Å²) in [5.74, 6) is -0.248. The molecule has 1 rings (SSSR count). The van der Waals surface area contributed by atoms with Gasteiger partial charge in [-0.3, -0.25) is 0 Å². The van der Waals surface area contributed by atoms with Crippen molar-refractivity contribution < 1.29 is 9.53 Å². The van der Waals surface area contributed by atoms with Crippen LogP contribution in [0.25, 0.3) is 0 Å². The van der Waals surface area contributed by atoms with Gasteiger partial charge in [-0.05, 0) is 44.0 Å². The van der Waals surface area contributed by atoms with Gasteiger partial charge in [0.2, 0.25) is 0 Å². The third-order valence-corrected chi connectivity index (χ3v) is 3.55. The van der Waals surface area contributed by atoms with Crippen LogP contribution < -0.4 is 0 Å². The number of nitrogens with zero attached hydrogens (tertiary/aromatic N) is 1. The predicted octanol–water partition coefficient (Wildman–Crippen LogP) is 3.48. The van der Waals surface area contributed by atoms with E-state index in [0.717, 1.165) is 6.54 Å². The van der Waals surface area contributed by atoms with E-state index in [-0.39, 0.29) is 11.4 Å². The molecule has 0 aliphatic carbocycles. The number of benzene rings is 1. The fourth-order valence-electron chi connectivity index (χ4n) is 1.73. The van der Waals surface area contributed by atoms with E-state index in [1.54, 1.807) is 0 Å². The van der Waals surface area contributed by atoms with Crippen molar-refractivity contribution in [3.05, 3.63) is 35.4 Å². The van der Waals surface area contributed by atoms with Crippen LogP contribution in [0.15, 0.2) is 24.3 Å². The summed E-state index contributed by atoms with van der Waals surface area (Å²) in [7, 11) is 2.02. The Kier molecular flexibility index (Phi) is 5.75. The molecule has 0 aliphatic heterocycles. The van der Waals surface area contributed by atoms with E-state index in [1.807, 2.05) is 31.3 Å². The lowest BCUT2D eigenvalue weighted by Gasteiger charge is -2.20. The number of esters is 1. The zero-order valence-electron chi connectivity index (χ0n) is 13.6. The van der Waals surface area contributed by atoms with E-state index in [0.29, 0.717) is 18.2 Å². The number of hydrogen-bond donors (Lipinski definition) is 0. The molecule has 0 saturated heterocycles. The first kappa shape index (κ1) is 16.7. The second-order valence-corrected chi connectivity index (χ2v) is 6.54. The fourth-order valence-corrected chi connectivity index (χ4v) is 1.73. The average Bonchev–Trinajstić information content (AvgIpc) is 2.37. The Balaban J connectivity index is 2.52. The van der Waals surface area contributed by atoms with Gasteiger partial charge in [0, 0.05) is 12.6 Å². The summed E-state index contributed by atoms with van der Waals surface area (Å²) in [6.45, 7) is 11.9. The summed E-state index contributed by atoms with van der Waals surface area (Å²) in [6.07, 6.45) is 0. The Hall–Kier alpha value is -1.35. The minimum absolute atomic E-state index is 0.0996. The minimum atomic E-state index is -0.248. The van der Waals surface area contributed by atoms with Gasteiger partial charge in [-0.15, -0.1) is 0 Å². The Labute approximate surface area is 122 Å². The quantitative estimate of drug-likeness (QED) is 0.772. The number of ether oxygens (including phenoxy) is 1. The molecule has 0 radical (unpaired) electrons. The number of rotatable bonds is 5. The zero-order valence-corrected chi connectivity index (χ0v) is 13.6. The highest BCUT2D eigenvalue weighted by Crippen LogP contribution is 2.22. The molecule has 3 heteroatoms. The lowest BCUT2D eigenvalue weighted by molar-refractivity contribution is 0.0461. The Morgan fingerprint density at radius 1 is 1.20 bits per heavy atom. The van der Waals surface area contributed by atoms with Crippen molar-refractivity contribution in [1.82, 2.24) is 4.90 Å². The van der Waals surface area contributed by atoms with Crippen LogP contribution in [0.3, 0.4) is 0 Å². The van der Waals surface area contributed by atoms with Crippen LogP contribution in [0, 0.1) is 0 Å². The minimum Gasteiger partial charge on any atom is -0.461 e. The van der Waals surface area contributed by atoms with Crippen LogP contribution in [0.1, 0.15) is 50.5 Å². The van der Waals surface area contributed by atoms with Crippen LogP contribution in [-0.4, -0.2) is 37.1 Å². The molecule has 20 heavy (non-hydrogen) atoms. The van der Waals surface area contributed by atoms with Crippen LogP contribution in [-0.2, 0) is 10.2 Å². The van der Waals surface area contributed by atoms with E-state index >= 15 is 0 Å². The van der Waals surface area contributed by atoms with Gasteiger partial charge in [-0.2, -0.15) is 0 Å². The van der Waals surface area contributed by atoms with Crippen molar-refractivity contribution in [3.63, 3.8) is 0 Å². The van der Waals surface area contributed by atoms with E-state index in [1.165, 1.54) is 5.56 Å². The Morgan fingerprint density at radius 3 is 2.20 bits per heavy atom. The molecule has 1 aromatic rings. The van der Waals surface area contributed by atoms with Crippen molar-refractivity contribution in [2.45, 2.75) is 46.1 Å². The Bertz CT molecular complexity index is 429. The van der Waals surface area contributed by atoms with Gasteiger partial charge in [-0.1, -0.05) is 32.9 Å². The van der Waals surface area contributed by atoms with Crippen LogP contribution in [0.4, 0.5) is 0 Å². The van der Waals surface area contributed by atoms with Gasteiger partial charge in [-0.25, -0.2) is 4.79 Å². The normalized spacial score (nSPS) is 12.0. The fraction of sp³-hybridized carbons (Fsp3) is 0.588. The van der Waals surface area contributed by atoms with E-state index in [9.17, 15) is 4.79 Å². The summed E-state index contributed by atoms with van der Waals surface area (Å²) < 4.78 is 5.29. The summed E-state index contributed by atoms with van der Waals surface area (Å²) in [5.41, 5.74) is 1.93. The molecular formula is C17H27NO2. The third-order valence-electron chi connectivity index (χ3n) is 3.55. The van der Waals surface area contributed by atoms with Crippen molar-refractivity contribution >= 4 is 5.97 Å². The number of likely N-dealkylation sites (N-methyl/N-ethyl adjacent to an activating group) is 1. The maximum absolute atomic E-state index is 11.9. The predicted molar refractivity (Wildman–Crippen MR) is 83.2 cm³/mol. The van der Waals surface area contributed by atoms with Gasteiger partial charge >= 0.3 is 5.97 Å². The second kappa shape index (κ2) is 6.89. The van der Waals surface area contributed by atoms with Gasteiger partial charge in [0.25, 0.3) is 0 Å². The molecule has 0 saturated carbocycles. The lowest BCUT2D eigenvalue weighted by atomic mass is 9.87. The molecule has 0 aromatic heterocycles. The average molecular weight is 277 g/mol. The first-order valence-corrected chi connectivity index (χ1v) is 7.19. The first-order chi connectivity index (χ1) is 9.21. The van der Waals surface area contributed by atoms with Crippen LogP contribution in [0.5, 0.6) is 0 Å². The highest BCUT2D eigenvalue weighted by molar-refractivity contribution is 5.89. The summed E-state index contributed by atoms with van der Waals surface area (Å²) in [6, 6.07) is 8.14. The van der Waals surface area contributed by atoms with Crippen molar-refractivity contribution in [1.29, 1.82) is 0 Å². The van der Waals surface area contributed by atoms with Crippen molar-refractivity contribution in [2.24, 2.45) is 0 Å². The molecule has 0 amide bonds. The van der Waals surface area contributed by atoms with E-state index < -0.39 is 0 Å². The molecule has 0 atom stereocenters. The largest absolute Gasteiger partial charge is 0.461 e. The molecule has 0 heterocycles. The molecule has 112 valence electrons. The molecule has 0 spiro atoms. The maximum atomic E-state index is 11.9. The summed E-state index contributed by atoms with van der Waals surface area (Å²) in [5, 5.41) is 0. The molecule has 0 bridgehead atoms. The van der Waals surface area contributed by atoms with Gasteiger partial charge in [0.15, 0.2) is 0 Å². The van der Waals surface area contributed by atoms with Gasteiger partial charge in [0.05, 0.1) is 5.56 Å². The third kappa shape index (κ3) is 4.97. The second-order valence-electron chi connectivity index (χ2n) is 6.54. The standard InChI is InChI=1S/C17H27NO2/c1-13(2)18(6)11-12-20-16(19)14-7-9-15(10-8-14)17(3,4)5/h7-10,13H,11-12H2,1-6H3. The van der Waals surface area contributed by atoms with Crippen LogP contribution in [0.2, 0.25) is 0 Å². The number of carbonyl (C=O) groups excluding carboxylic acids is 1.